The molecule has 0 radical (unpaired) electrons. The first-order chi connectivity index (χ1) is 15.7. The fourth-order valence-electron chi connectivity index (χ4n) is 2.73. The molecule has 0 aliphatic carbocycles. The van der Waals surface area contributed by atoms with Gasteiger partial charge in [-0.2, -0.15) is 0 Å². The predicted molar refractivity (Wildman–Crippen MR) is 122 cm³/mol. The van der Waals surface area contributed by atoms with Crippen molar-refractivity contribution in [1.29, 1.82) is 0 Å². The van der Waals surface area contributed by atoms with E-state index >= 15 is 0 Å². The number of amides is 2. The number of carbonyl (C=O) groups is 2. The average Bonchev–Trinajstić information content (AvgIpc) is 2.72. The zero-order valence-corrected chi connectivity index (χ0v) is 26.0. The molecule has 184 valence electrons. The van der Waals surface area contributed by atoms with Crippen LogP contribution in [0.3, 0.4) is 0 Å². The van der Waals surface area contributed by atoms with Crippen LogP contribution in [0.25, 0.3) is 12.2 Å². The Hall–Kier alpha value is -1.10. The standard InChI is InChI=1S/C21H24N2O9S2.2Na/c1-13(2)21(25)23-17-9-7-15(19(11-17)34(29,30)31)5-4-14-6-8-16(22-20(24)12-32-3)10-18(14)33(26,27)28;;/h4-11,13H,12H2,1-3H3,(H,22,24)(H,23,25)(H,26,27,28)(H,29,30,31);;/q;2*+1/p-2. The van der Waals surface area contributed by atoms with Crippen molar-refractivity contribution in [3.8, 4) is 0 Å². The van der Waals surface area contributed by atoms with Gasteiger partial charge in [-0.15, -0.1) is 0 Å². The van der Waals surface area contributed by atoms with Gasteiger partial charge in [0, 0.05) is 24.4 Å². The van der Waals surface area contributed by atoms with Crippen LogP contribution in [-0.4, -0.2) is 51.5 Å². The summed E-state index contributed by atoms with van der Waals surface area (Å²) in [7, 11) is -8.67. The molecule has 0 saturated carbocycles. The molecule has 0 saturated heterocycles. The fourth-order valence-corrected chi connectivity index (χ4v) is 4.12. The first-order valence-corrected chi connectivity index (χ1v) is 12.5. The van der Waals surface area contributed by atoms with E-state index in [2.05, 4.69) is 15.4 Å². The molecule has 11 nitrogen and oxygen atoms in total. The molecule has 15 heteroatoms. The van der Waals surface area contributed by atoms with Crippen LogP contribution in [0.2, 0.25) is 0 Å². The zero-order valence-electron chi connectivity index (χ0n) is 20.4. The van der Waals surface area contributed by atoms with Crippen molar-refractivity contribution in [2.45, 2.75) is 23.6 Å². The van der Waals surface area contributed by atoms with E-state index in [1.54, 1.807) is 13.8 Å². The van der Waals surface area contributed by atoms with Crippen LogP contribution in [0.15, 0.2) is 46.2 Å². The molecular weight excluding hydrogens is 534 g/mol. The molecule has 2 aromatic rings. The average molecular weight is 557 g/mol. The third-order valence-corrected chi connectivity index (χ3v) is 6.14. The minimum Gasteiger partial charge on any atom is -0.744 e. The Bertz CT molecular complexity index is 1340. The van der Waals surface area contributed by atoms with Gasteiger partial charge in [-0.1, -0.05) is 38.1 Å². The Morgan fingerprint density at radius 2 is 1.28 bits per heavy atom. The number of methoxy groups -OCH3 is 1. The summed E-state index contributed by atoms with van der Waals surface area (Å²) in [6.45, 7) is 2.97. The van der Waals surface area contributed by atoms with E-state index in [1.165, 1.54) is 31.4 Å². The van der Waals surface area contributed by atoms with Gasteiger partial charge in [0.2, 0.25) is 11.8 Å². The van der Waals surface area contributed by atoms with Gasteiger partial charge in [0.25, 0.3) is 0 Å². The molecule has 2 N–H and O–H groups in total. The maximum Gasteiger partial charge on any atom is 1.00 e. The SMILES string of the molecule is COCC(=O)Nc1ccc(C=Cc2ccc(NC(=O)C(C)C)cc2S(=O)(=O)[O-])c(S(=O)(=O)[O-])c1.[Na+].[Na+]. The summed E-state index contributed by atoms with van der Waals surface area (Å²) >= 11 is 0. The summed E-state index contributed by atoms with van der Waals surface area (Å²) in [5, 5.41) is 4.85. The van der Waals surface area contributed by atoms with Crippen molar-refractivity contribution >= 4 is 55.6 Å². The fraction of sp³-hybridized carbons (Fsp3) is 0.238. The maximum atomic E-state index is 11.9. The number of rotatable bonds is 9. The Kier molecular flexibility index (Phi) is 14.3. The van der Waals surface area contributed by atoms with Crippen molar-refractivity contribution in [2.24, 2.45) is 5.92 Å². The minimum absolute atomic E-state index is 0. The van der Waals surface area contributed by atoms with E-state index in [1.807, 2.05) is 0 Å². The maximum absolute atomic E-state index is 11.9. The first-order valence-electron chi connectivity index (χ1n) is 9.70. The molecule has 0 fully saturated rings. The van der Waals surface area contributed by atoms with Crippen molar-refractivity contribution < 1.29 is 99.4 Å². The van der Waals surface area contributed by atoms with Gasteiger partial charge in [-0.05, 0) is 35.4 Å². The number of nitrogens with one attached hydrogen (secondary N) is 2. The Morgan fingerprint density at radius 1 is 0.861 bits per heavy atom. The molecule has 0 bridgehead atoms. The van der Waals surface area contributed by atoms with Gasteiger partial charge in [0.05, 0.1) is 9.79 Å². The Balaban J connectivity index is 0.00000612. The van der Waals surface area contributed by atoms with E-state index in [0.717, 1.165) is 24.3 Å². The van der Waals surface area contributed by atoms with Crippen LogP contribution >= 0.6 is 0 Å². The number of anilines is 2. The van der Waals surface area contributed by atoms with E-state index in [9.17, 15) is 35.5 Å². The van der Waals surface area contributed by atoms with Crippen LogP contribution in [0.4, 0.5) is 11.4 Å². The summed E-state index contributed by atoms with van der Waals surface area (Å²) in [5.74, 6) is -1.35. The number of benzene rings is 2. The quantitative estimate of drug-likeness (QED) is 0.176. The molecule has 0 unspecified atom stereocenters. The summed E-state index contributed by atoms with van der Waals surface area (Å²) in [4.78, 5) is 22.2. The Labute approximate surface area is 254 Å². The van der Waals surface area contributed by atoms with Crippen LogP contribution in [0.5, 0.6) is 0 Å². The third kappa shape index (κ3) is 10.3. The molecular formula is C21H22N2Na2O9S2. The second kappa shape index (κ2) is 14.7. The molecule has 0 aromatic heterocycles. The van der Waals surface area contributed by atoms with Crippen LogP contribution in [0, 0.1) is 5.92 Å². The van der Waals surface area contributed by atoms with Gasteiger partial charge in [-0.3, -0.25) is 9.59 Å². The largest absolute Gasteiger partial charge is 1.00 e. The summed E-state index contributed by atoms with van der Waals surface area (Å²) in [6, 6.07) is 7.12. The molecule has 36 heavy (non-hydrogen) atoms. The molecule has 2 rings (SSSR count). The zero-order chi connectivity index (χ0) is 25.7. The van der Waals surface area contributed by atoms with Crippen LogP contribution in [-0.2, 0) is 34.6 Å². The van der Waals surface area contributed by atoms with Crippen LogP contribution in [0.1, 0.15) is 25.0 Å². The minimum atomic E-state index is -4.99. The molecule has 0 heterocycles. The smallest absolute Gasteiger partial charge is 0.744 e. The number of ether oxygens (including phenoxy) is 1. The van der Waals surface area contributed by atoms with Gasteiger partial charge in [0.1, 0.15) is 26.8 Å². The number of hydrogen-bond donors (Lipinski definition) is 2. The molecule has 0 aliphatic heterocycles. The summed E-state index contributed by atoms with van der Waals surface area (Å²) in [6.07, 6.45) is 2.29. The molecule has 2 aromatic carbocycles. The van der Waals surface area contributed by atoms with Gasteiger partial charge in [-0.25, -0.2) is 16.8 Å². The normalized spacial score (nSPS) is 11.5. The first kappa shape index (κ1) is 34.9. The number of carbonyl (C=O) groups excluding carboxylic acids is 2. The van der Waals surface area contributed by atoms with E-state index < -0.39 is 35.9 Å². The van der Waals surface area contributed by atoms with Gasteiger partial charge >= 0.3 is 59.1 Å². The molecule has 2 amide bonds. The van der Waals surface area contributed by atoms with Crippen molar-refractivity contribution in [3.05, 3.63) is 47.5 Å². The summed E-state index contributed by atoms with van der Waals surface area (Å²) < 4.78 is 75.2. The van der Waals surface area contributed by atoms with Crippen molar-refractivity contribution in [2.75, 3.05) is 24.4 Å². The molecule has 0 aliphatic rings. The summed E-state index contributed by atoms with van der Waals surface area (Å²) in [5.41, 5.74) is -0.0820. The molecule has 0 atom stereocenters. The third-order valence-electron chi connectivity index (χ3n) is 4.36. The topological polar surface area (TPSA) is 182 Å². The Morgan fingerprint density at radius 3 is 1.64 bits per heavy atom. The van der Waals surface area contributed by atoms with E-state index in [-0.39, 0.29) is 100 Å². The monoisotopic (exact) mass is 556 g/mol. The van der Waals surface area contributed by atoms with Crippen LogP contribution < -0.4 is 69.7 Å². The second-order valence-corrected chi connectivity index (χ2v) is 10.1. The van der Waals surface area contributed by atoms with Gasteiger partial charge in [0.15, 0.2) is 0 Å². The van der Waals surface area contributed by atoms with E-state index in [4.69, 9.17) is 0 Å². The predicted octanol–water partition coefficient (Wildman–Crippen LogP) is -4.15. The molecule has 0 spiro atoms. The van der Waals surface area contributed by atoms with Gasteiger partial charge < -0.3 is 24.5 Å². The van der Waals surface area contributed by atoms with E-state index in [0.29, 0.717) is 0 Å². The number of hydrogen-bond acceptors (Lipinski definition) is 9. The second-order valence-electron chi connectivity index (χ2n) is 7.37. The van der Waals surface area contributed by atoms with Crippen molar-refractivity contribution in [1.82, 2.24) is 0 Å². The van der Waals surface area contributed by atoms with Crippen molar-refractivity contribution in [3.63, 3.8) is 0 Å².